The molecule has 144 valence electrons. The van der Waals surface area contributed by atoms with Crippen molar-refractivity contribution in [1.29, 1.82) is 0 Å². The van der Waals surface area contributed by atoms with E-state index < -0.39 is 48.3 Å². The van der Waals surface area contributed by atoms with Crippen LogP contribution in [0.4, 0.5) is 0 Å². The summed E-state index contributed by atoms with van der Waals surface area (Å²) in [5.41, 5.74) is 0. The van der Waals surface area contributed by atoms with E-state index in [0.717, 1.165) is 0 Å². The number of hydrogen-bond donors (Lipinski definition) is 0. The Morgan fingerprint density at radius 1 is 0.560 bits per heavy atom. The largest absolute Gasteiger partial charge is 0.463 e. The standard InChI is InChI=1S/C17H28O8/c1-10(22-12(3)18)7-16(24-14(5)20)9-17(25-15(6)21)8-11(2)23-13(4)19/h10-11,16-17H,7-9H2,1-6H3. The van der Waals surface area contributed by atoms with E-state index in [0.29, 0.717) is 0 Å². The molecule has 4 unspecified atom stereocenters. The van der Waals surface area contributed by atoms with E-state index in [1.165, 1.54) is 27.7 Å². The summed E-state index contributed by atoms with van der Waals surface area (Å²) < 4.78 is 20.6. The molecule has 0 amide bonds. The van der Waals surface area contributed by atoms with Gasteiger partial charge in [0, 0.05) is 47.0 Å². The molecule has 0 radical (unpaired) electrons. The van der Waals surface area contributed by atoms with Gasteiger partial charge in [0.2, 0.25) is 0 Å². The van der Waals surface area contributed by atoms with Gasteiger partial charge in [-0.2, -0.15) is 0 Å². The number of carbonyl (C=O) groups excluding carboxylic acids is 4. The highest BCUT2D eigenvalue weighted by Gasteiger charge is 2.26. The van der Waals surface area contributed by atoms with E-state index in [-0.39, 0.29) is 19.3 Å². The van der Waals surface area contributed by atoms with E-state index in [1.807, 2.05) is 0 Å². The van der Waals surface area contributed by atoms with E-state index in [1.54, 1.807) is 13.8 Å². The quantitative estimate of drug-likeness (QED) is 0.430. The van der Waals surface area contributed by atoms with E-state index in [4.69, 9.17) is 18.9 Å². The number of rotatable bonds is 10. The first-order valence-electron chi connectivity index (χ1n) is 8.18. The van der Waals surface area contributed by atoms with Crippen LogP contribution in [0.1, 0.15) is 60.8 Å². The topological polar surface area (TPSA) is 105 Å². The van der Waals surface area contributed by atoms with Crippen LogP contribution in [-0.2, 0) is 38.1 Å². The van der Waals surface area contributed by atoms with Crippen molar-refractivity contribution in [2.75, 3.05) is 0 Å². The lowest BCUT2D eigenvalue weighted by atomic mass is 10.0. The number of carbonyl (C=O) groups is 4. The SMILES string of the molecule is CC(=O)OC(C)CC(CC(CC(C)OC(C)=O)OC(C)=O)OC(C)=O. The van der Waals surface area contributed by atoms with Gasteiger partial charge in [0.25, 0.3) is 0 Å². The molecule has 0 aliphatic rings. The van der Waals surface area contributed by atoms with E-state index >= 15 is 0 Å². The molecule has 0 saturated carbocycles. The molecule has 25 heavy (non-hydrogen) atoms. The molecule has 0 aromatic carbocycles. The highest BCUT2D eigenvalue weighted by Crippen LogP contribution is 2.19. The average molecular weight is 360 g/mol. The summed E-state index contributed by atoms with van der Waals surface area (Å²) in [5.74, 6) is -1.85. The molecule has 0 aromatic heterocycles. The number of esters is 4. The lowest BCUT2D eigenvalue weighted by molar-refractivity contribution is -0.157. The Hall–Kier alpha value is -2.12. The molecule has 0 heterocycles. The van der Waals surface area contributed by atoms with Crippen LogP contribution >= 0.6 is 0 Å². The zero-order valence-corrected chi connectivity index (χ0v) is 15.7. The maximum Gasteiger partial charge on any atom is 0.302 e. The van der Waals surface area contributed by atoms with E-state index in [9.17, 15) is 19.2 Å². The summed E-state index contributed by atoms with van der Waals surface area (Å²) in [6.45, 7) is 8.48. The van der Waals surface area contributed by atoms with Gasteiger partial charge in [-0.15, -0.1) is 0 Å². The van der Waals surface area contributed by atoms with Gasteiger partial charge < -0.3 is 18.9 Å². The molecule has 0 bridgehead atoms. The average Bonchev–Trinajstić information content (AvgIpc) is 2.33. The van der Waals surface area contributed by atoms with Crippen LogP contribution in [0.15, 0.2) is 0 Å². The Kier molecular flexibility index (Phi) is 10.5. The molecule has 0 saturated heterocycles. The smallest absolute Gasteiger partial charge is 0.302 e. The van der Waals surface area contributed by atoms with Gasteiger partial charge in [-0.3, -0.25) is 19.2 Å². The second-order valence-corrected chi connectivity index (χ2v) is 6.01. The number of ether oxygens (including phenoxy) is 4. The lowest BCUT2D eigenvalue weighted by Gasteiger charge is -2.26. The van der Waals surface area contributed by atoms with Gasteiger partial charge in [-0.1, -0.05) is 0 Å². The van der Waals surface area contributed by atoms with Crippen LogP contribution in [0.3, 0.4) is 0 Å². The lowest BCUT2D eigenvalue weighted by Crippen LogP contribution is -2.32. The summed E-state index contributed by atoms with van der Waals surface area (Å²) in [7, 11) is 0. The van der Waals surface area contributed by atoms with Crippen LogP contribution in [-0.4, -0.2) is 48.3 Å². The first-order chi connectivity index (χ1) is 11.5. The second-order valence-electron chi connectivity index (χ2n) is 6.01. The molecule has 0 rings (SSSR count). The summed E-state index contributed by atoms with van der Waals surface area (Å²) in [4.78, 5) is 44.7. The Bertz CT molecular complexity index is 431. The maximum absolute atomic E-state index is 11.3. The fourth-order valence-electron chi connectivity index (χ4n) is 2.55. The predicted molar refractivity (Wildman–Crippen MR) is 87.4 cm³/mol. The predicted octanol–water partition coefficient (Wildman–Crippen LogP) is 1.92. The Labute approximate surface area is 148 Å². The van der Waals surface area contributed by atoms with Crippen molar-refractivity contribution < 1.29 is 38.1 Å². The third kappa shape index (κ3) is 12.9. The number of hydrogen-bond acceptors (Lipinski definition) is 8. The molecule has 8 nitrogen and oxygen atoms in total. The Balaban J connectivity index is 4.96. The normalized spacial score (nSPS) is 15.3. The van der Waals surface area contributed by atoms with Crippen molar-refractivity contribution in [3.05, 3.63) is 0 Å². The van der Waals surface area contributed by atoms with Crippen molar-refractivity contribution in [3.63, 3.8) is 0 Å². The molecular weight excluding hydrogens is 332 g/mol. The van der Waals surface area contributed by atoms with Crippen molar-refractivity contribution in [3.8, 4) is 0 Å². The molecule has 0 aliphatic carbocycles. The minimum atomic E-state index is -0.610. The zero-order chi connectivity index (χ0) is 19.6. The van der Waals surface area contributed by atoms with Gasteiger partial charge in [0.05, 0.1) is 0 Å². The minimum absolute atomic E-state index is 0.205. The molecule has 0 fully saturated rings. The van der Waals surface area contributed by atoms with Crippen LogP contribution in [0.2, 0.25) is 0 Å². The third-order valence-corrected chi connectivity index (χ3v) is 3.11. The van der Waals surface area contributed by atoms with Gasteiger partial charge in [-0.25, -0.2) is 0 Å². The zero-order valence-electron chi connectivity index (χ0n) is 15.7. The first-order valence-corrected chi connectivity index (χ1v) is 8.18. The Morgan fingerprint density at radius 2 is 0.840 bits per heavy atom. The molecular formula is C17H28O8. The highest BCUT2D eigenvalue weighted by molar-refractivity contribution is 5.67. The van der Waals surface area contributed by atoms with Crippen LogP contribution in [0.5, 0.6) is 0 Å². The molecule has 0 aromatic rings. The first kappa shape index (κ1) is 22.9. The van der Waals surface area contributed by atoms with Crippen LogP contribution in [0.25, 0.3) is 0 Å². The summed E-state index contributed by atoms with van der Waals surface area (Å²) >= 11 is 0. The monoisotopic (exact) mass is 360 g/mol. The summed E-state index contributed by atoms with van der Waals surface area (Å²) in [6.07, 6.45) is -1.42. The second kappa shape index (κ2) is 11.4. The molecule has 4 atom stereocenters. The van der Waals surface area contributed by atoms with Crippen LogP contribution < -0.4 is 0 Å². The molecule has 0 spiro atoms. The van der Waals surface area contributed by atoms with Gasteiger partial charge >= 0.3 is 23.9 Å². The fourth-order valence-corrected chi connectivity index (χ4v) is 2.55. The summed E-state index contributed by atoms with van der Waals surface area (Å²) in [6, 6.07) is 0. The molecule has 0 N–H and O–H groups in total. The van der Waals surface area contributed by atoms with Crippen molar-refractivity contribution in [1.82, 2.24) is 0 Å². The fraction of sp³-hybridized carbons (Fsp3) is 0.765. The van der Waals surface area contributed by atoms with Gasteiger partial charge in [-0.05, 0) is 13.8 Å². The highest BCUT2D eigenvalue weighted by atomic mass is 16.6. The Morgan fingerprint density at radius 3 is 1.08 bits per heavy atom. The van der Waals surface area contributed by atoms with Crippen LogP contribution in [0, 0.1) is 0 Å². The maximum atomic E-state index is 11.3. The molecule has 8 heteroatoms. The molecule has 0 aliphatic heterocycles. The van der Waals surface area contributed by atoms with Crippen molar-refractivity contribution >= 4 is 23.9 Å². The van der Waals surface area contributed by atoms with Gasteiger partial charge in [0.1, 0.15) is 24.4 Å². The van der Waals surface area contributed by atoms with Crippen molar-refractivity contribution in [2.45, 2.75) is 85.2 Å². The summed E-state index contributed by atoms with van der Waals surface area (Å²) in [5, 5.41) is 0. The minimum Gasteiger partial charge on any atom is -0.463 e. The third-order valence-electron chi connectivity index (χ3n) is 3.11. The van der Waals surface area contributed by atoms with Gasteiger partial charge in [0.15, 0.2) is 0 Å². The van der Waals surface area contributed by atoms with E-state index in [2.05, 4.69) is 0 Å². The van der Waals surface area contributed by atoms with Crippen molar-refractivity contribution in [2.24, 2.45) is 0 Å².